The van der Waals surface area contributed by atoms with Crippen molar-refractivity contribution in [3.63, 3.8) is 0 Å². The van der Waals surface area contributed by atoms with Crippen molar-refractivity contribution in [1.29, 1.82) is 0 Å². The summed E-state index contributed by atoms with van der Waals surface area (Å²) in [5, 5.41) is 4.45. The predicted molar refractivity (Wildman–Crippen MR) is 75.5 cm³/mol. The number of carbonyl (C=O) groups is 2. The first-order valence-electron chi connectivity index (χ1n) is 6.05. The van der Waals surface area contributed by atoms with E-state index in [0.29, 0.717) is 12.3 Å². The van der Waals surface area contributed by atoms with E-state index >= 15 is 0 Å². The molecule has 2 unspecified atom stereocenters. The van der Waals surface area contributed by atoms with Gasteiger partial charge in [-0.05, 0) is 39.7 Å². The molecule has 1 aromatic rings. The van der Waals surface area contributed by atoms with Crippen molar-refractivity contribution in [1.82, 2.24) is 5.32 Å². The normalized spacial score (nSPS) is 24.4. The molecule has 2 atom stereocenters. The molecule has 1 fully saturated rings. The molecule has 0 spiro atoms. The smallest absolute Gasteiger partial charge is 0.230 e. The van der Waals surface area contributed by atoms with Crippen LogP contribution < -0.4 is 5.32 Å². The van der Waals surface area contributed by atoms with Crippen molar-refractivity contribution in [3.8, 4) is 0 Å². The molecule has 1 aromatic heterocycles. The molecule has 1 saturated heterocycles. The maximum Gasteiger partial charge on any atom is 0.230 e. The third kappa shape index (κ3) is 2.83. The molecule has 98 valence electrons. The Morgan fingerprint density at radius 2 is 2.22 bits per heavy atom. The summed E-state index contributed by atoms with van der Waals surface area (Å²) in [5.41, 5.74) is 0. The molecule has 1 aliphatic heterocycles. The fourth-order valence-corrected chi connectivity index (χ4v) is 4.27. The van der Waals surface area contributed by atoms with Crippen LogP contribution in [-0.4, -0.2) is 11.8 Å². The maximum atomic E-state index is 12.0. The van der Waals surface area contributed by atoms with Crippen molar-refractivity contribution in [2.45, 2.75) is 32.6 Å². The first-order valence-corrected chi connectivity index (χ1v) is 7.73. The molecule has 2 heterocycles. The van der Waals surface area contributed by atoms with Crippen LogP contribution in [0.1, 0.15) is 37.5 Å². The number of hydrogen-bond acceptors (Lipinski definition) is 3. The maximum absolute atomic E-state index is 12.0. The van der Waals surface area contributed by atoms with E-state index in [1.807, 2.05) is 11.4 Å². The molecule has 1 aliphatic rings. The van der Waals surface area contributed by atoms with Crippen LogP contribution in [0.3, 0.4) is 0 Å². The van der Waals surface area contributed by atoms with Gasteiger partial charge in [0, 0.05) is 27.6 Å². The topological polar surface area (TPSA) is 46.2 Å². The molecular weight excluding hydrogens is 314 g/mol. The standard InChI is InChI=1S/C13H16BrNO2S/c1-7(2)5-9-8(6-11(16)15-13(9)17)12-10(14)3-4-18-12/h3-4,7-9H,5-6H2,1-2H3,(H,15,16,17). The molecule has 18 heavy (non-hydrogen) atoms. The van der Waals surface area contributed by atoms with Gasteiger partial charge in [-0.3, -0.25) is 14.9 Å². The third-order valence-electron chi connectivity index (χ3n) is 3.20. The summed E-state index contributed by atoms with van der Waals surface area (Å²) in [6.45, 7) is 4.20. The highest BCUT2D eigenvalue weighted by atomic mass is 79.9. The van der Waals surface area contributed by atoms with E-state index in [4.69, 9.17) is 0 Å². The molecule has 3 nitrogen and oxygen atoms in total. The second kappa shape index (κ2) is 5.53. The monoisotopic (exact) mass is 329 g/mol. The molecule has 1 N–H and O–H groups in total. The lowest BCUT2D eigenvalue weighted by Gasteiger charge is -2.30. The number of thiophene rings is 1. The number of hydrogen-bond donors (Lipinski definition) is 1. The van der Waals surface area contributed by atoms with Gasteiger partial charge in [0.25, 0.3) is 0 Å². The predicted octanol–water partition coefficient (Wildman–Crippen LogP) is 3.30. The Labute approximate surface area is 119 Å². The summed E-state index contributed by atoms with van der Waals surface area (Å²) in [5.74, 6) is 0.0754. The van der Waals surface area contributed by atoms with Crippen molar-refractivity contribution in [2.75, 3.05) is 0 Å². The number of halogens is 1. The Morgan fingerprint density at radius 3 is 2.78 bits per heavy atom. The van der Waals surface area contributed by atoms with Gasteiger partial charge in [0.2, 0.25) is 11.8 Å². The fourth-order valence-electron chi connectivity index (χ4n) is 2.43. The van der Waals surface area contributed by atoms with Gasteiger partial charge in [-0.1, -0.05) is 13.8 Å². The second-order valence-corrected chi connectivity index (χ2v) is 6.89. The quantitative estimate of drug-likeness (QED) is 0.865. The molecule has 0 aromatic carbocycles. The van der Waals surface area contributed by atoms with E-state index < -0.39 is 0 Å². The summed E-state index contributed by atoms with van der Waals surface area (Å²) in [6.07, 6.45) is 1.22. The molecule has 0 saturated carbocycles. The van der Waals surface area contributed by atoms with Crippen molar-refractivity contribution < 1.29 is 9.59 Å². The van der Waals surface area contributed by atoms with Gasteiger partial charge in [-0.2, -0.15) is 0 Å². The Balaban J connectivity index is 2.30. The number of carbonyl (C=O) groups excluding carboxylic acids is 2. The molecule has 2 rings (SSSR count). The third-order valence-corrected chi connectivity index (χ3v) is 5.20. The SMILES string of the molecule is CC(C)CC1C(=O)NC(=O)CC1c1sccc1Br. The summed E-state index contributed by atoms with van der Waals surface area (Å²) >= 11 is 5.11. The van der Waals surface area contributed by atoms with Gasteiger partial charge >= 0.3 is 0 Å². The van der Waals surface area contributed by atoms with Crippen LogP contribution in [0.2, 0.25) is 0 Å². The summed E-state index contributed by atoms with van der Waals surface area (Å²) in [7, 11) is 0. The number of rotatable bonds is 3. The van der Waals surface area contributed by atoms with Crippen LogP contribution in [0.5, 0.6) is 0 Å². The number of imide groups is 1. The zero-order valence-electron chi connectivity index (χ0n) is 10.4. The minimum atomic E-state index is -0.162. The van der Waals surface area contributed by atoms with Gasteiger partial charge in [0.1, 0.15) is 0 Å². The Kier molecular flexibility index (Phi) is 4.22. The average molecular weight is 330 g/mol. The summed E-state index contributed by atoms with van der Waals surface area (Å²) < 4.78 is 1.01. The van der Waals surface area contributed by atoms with Crippen LogP contribution in [0.25, 0.3) is 0 Å². The lowest BCUT2D eigenvalue weighted by Crippen LogP contribution is -2.45. The van der Waals surface area contributed by atoms with Crippen LogP contribution in [0.15, 0.2) is 15.9 Å². The van der Waals surface area contributed by atoms with E-state index in [2.05, 4.69) is 35.1 Å². The fraction of sp³-hybridized carbons (Fsp3) is 0.538. The average Bonchev–Trinajstić information content (AvgIpc) is 2.67. The Hall–Kier alpha value is -0.680. The van der Waals surface area contributed by atoms with Crippen molar-refractivity contribution in [2.24, 2.45) is 11.8 Å². The Bertz CT molecular complexity index is 469. The Morgan fingerprint density at radius 1 is 1.50 bits per heavy atom. The lowest BCUT2D eigenvalue weighted by molar-refractivity contribution is -0.137. The van der Waals surface area contributed by atoms with Gasteiger partial charge in [-0.25, -0.2) is 0 Å². The summed E-state index contributed by atoms with van der Waals surface area (Å²) in [6, 6.07) is 1.98. The molecule has 5 heteroatoms. The molecule has 0 radical (unpaired) electrons. The largest absolute Gasteiger partial charge is 0.296 e. The second-order valence-electron chi connectivity index (χ2n) is 5.09. The minimum absolute atomic E-state index is 0.0167. The molecule has 0 aliphatic carbocycles. The van der Waals surface area contributed by atoms with Gasteiger partial charge in [0.05, 0.1) is 0 Å². The highest BCUT2D eigenvalue weighted by Crippen LogP contribution is 2.41. The van der Waals surface area contributed by atoms with Crippen LogP contribution >= 0.6 is 27.3 Å². The zero-order chi connectivity index (χ0) is 13.3. The van der Waals surface area contributed by atoms with Gasteiger partial charge in [-0.15, -0.1) is 11.3 Å². The van der Waals surface area contributed by atoms with Crippen LogP contribution in [0.4, 0.5) is 0 Å². The van der Waals surface area contributed by atoms with Crippen molar-refractivity contribution in [3.05, 3.63) is 20.8 Å². The molecular formula is C13H16BrNO2S. The number of piperidine rings is 1. The van der Waals surface area contributed by atoms with Crippen LogP contribution in [0, 0.1) is 11.8 Å². The van der Waals surface area contributed by atoms with Gasteiger partial charge in [0.15, 0.2) is 0 Å². The number of nitrogens with one attached hydrogen (secondary N) is 1. The first kappa shape index (κ1) is 13.7. The minimum Gasteiger partial charge on any atom is -0.296 e. The molecule has 2 amide bonds. The van der Waals surface area contributed by atoms with Crippen LogP contribution in [-0.2, 0) is 9.59 Å². The highest BCUT2D eigenvalue weighted by molar-refractivity contribution is 9.10. The van der Waals surface area contributed by atoms with E-state index in [1.54, 1.807) is 11.3 Å². The van der Waals surface area contributed by atoms with E-state index in [9.17, 15) is 9.59 Å². The van der Waals surface area contributed by atoms with E-state index in [1.165, 1.54) is 0 Å². The first-order chi connectivity index (χ1) is 8.49. The van der Waals surface area contributed by atoms with Crippen molar-refractivity contribution >= 4 is 39.1 Å². The highest BCUT2D eigenvalue weighted by Gasteiger charge is 2.38. The van der Waals surface area contributed by atoms with Gasteiger partial charge < -0.3 is 0 Å². The molecule has 0 bridgehead atoms. The zero-order valence-corrected chi connectivity index (χ0v) is 12.8. The summed E-state index contributed by atoms with van der Waals surface area (Å²) in [4.78, 5) is 24.7. The van der Waals surface area contributed by atoms with E-state index in [0.717, 1.165) is 15.8 Å². The number of amides is 2. The lowest BCUT2D eigenvalue weighted by atomic mass is 9.79. The van der Waals surface area contributed by atoms with E-state index in [-0.39, 0.29) is 23.7 Å².